The highest BCUT2D eigenvalue weighted by Gasteiger charge is 2.11. The first-order valence-corrected chi connectivity index (χ1v) is 8.96. The van der Waals surface area contributed by atoms with Crippen LogP contribution in [0.5, 0.6) is 0 Å². The number of ether oxygens (including phenoxy) is 1. The predicted octanol–water partition coefficient (Wildman–Crippen LogP) is 2.96. The third-order valence-corrected chi connectivity index (χ3v) is 4.32. The zero-order valence-electron chi connectivity index (χ0n) is 12.7. The number of carbonyl (C=O) groups excluding carboxylic acids is 1. The van der Waals surface area contributed by atoms with Crippen LogP contribution >= 0.6 is 23.2 Å². The number of hydrogen-bond donors (Lipinski definition) is 2. The quantitative estimate of drug-likeness (QED) is 0.449. The van der Waals surface area contributed by atoms with Crippen LogP contribution in [0.1, 0.15) is 5.56 Å². The van der Waals surface area contributed by atoms with Gasteiger partial charge in [-0.3, -0.25) is 4.79 Å². The number of anilines is 2. The van der Waals surface area contributed by atoms with Gasteiger partial charge in [-0.15, -0.1) is 0 Å². The van der Waals surface area contributed by atoms with Crippen molar-refractivity contribution in [2.45, 2.75) is 6.42 Å². The highest BCUT2D eigenvalue weighted by atomic mass is 35.5. The SMILES string of the molecule is O=C(Cc1ccccc1Nc1c(Cl)cccc1Cl)OCC[NH][AlH2]. The summed E-state index contributed by atoms with van der Waals surface area (Å²) in [5.41, 5.74) is 2.23. The number of nitrogens with one attached hydrogen (secondary N) is 2. The highest BCUT2D eigenvalue weighted by molar-refractivity contribution is 6.39. The van der Waals surface area contributed by atoms with Crippen LogP contribution in [0.2, 0.25) is 10.0 Å². The zero-order valence-corrected chi connectivity index (χ0v) is 16.2. The summed E-state index contributed by atoms with van der Waals surface area (Å²) in [6.07, 6.45) is 0.187. The molecule has 0 aliphatic carbocycles. The normalized spacial score (nSPS) is 10.3. The van der Waals surface area contributed by atoms with Crippen LogP contribution in [0.25, 0.3) is 0 Å². The largest absolute Gasteiger partial charge is 0.464 e. The Morgan fingerprint density at radius 3 is 2.48 bits per heavy atom. The van der Waals surface area contributed by atoms with Gasteiger partial charge in [0.15, 0.2) is 0 Å². The molecular weight excluding hydrogens is 350 g/mol. The van der Waals surface area contributed by atoms with Gasteiger partial charge in [0.2, 0.25) is 0 Å². The van der Waals surface area contributed by atoms with Crippen LogP contribution in [0, 0.1) is 0 Å². The van der Waals surface area contributed by atoms with Crippen molar-refractivity contribution in [1.29, 1.82) is 0 Å². The van der Waals surface area contributed by atoms with E-state index in [4.69, 9.17) is 27.9 Å². The maximum Gasteiger partial charge on any atom is 0.319 e. The molecule has 0 bridgehead atoms. The van der Waals surface area contributed by atoms with Gasteiger partial charge in [-0.2, -0.15) is 0 Å². The van der Waals surface area contributed by atoms with E-state index in [-0.39, 0.29) is 12.4 Å². The van der Waals surface area contributed by atoms with Crippen LogP contribution in [0.4, 0.5) is 11.4 Å². The molecule has 2 aromatic rings. The molecule has 0 saturated heterocycles. The molecule has 0 aromatic heterocycles. The Kier molecular flexibility index (Phi) is 7.23. The number of rotatable bonds is 7. The summed E-state index contributed by atoms with van der Waals surface area (Å²) in [6.45, 7) is 1.07. The molecule has 2 aromatic carbocycles. The predicted molar refractivity (Wildman–Crippen MR) is 97.4 cm³/mol. The van der Waals surface area contributed by atoms with Crippen molar-refractivity contribution in [2.24, 2.45) is 0 Å². The van der Waals surface area contributed by atoms with Crippen molar-refractivity contribution in [3.63, 3.8) is 0 Å². The van der Waals surface area contributed by atoms with E-state index in [1.165, 1.54) is 0 Å². The lowest BCUT2D eigenvalue weighted by Gasteiger charge is -2.14. The van der Waals surface area contributed by atoms with Crippen molar-refractivity contribution in [3.8, 4) is 0 Å². The topological polar surface area (TPSA) is 50.4 Å². The molecule has 2 N–H and O–H groups in total. The van der Waals surface area contributed by atoms with Crippen molar-refractivity contribution in [1.82, 2.24) is 4.30 Å². The average molecular weight is 367 g/mol. The first-order chi connectivity index (χ1) is 11.1. The number of carbonyl (C=O) groups is 1. The van der Waals surface area contributed by atoms with E-state index in [1.807, 2.05) is 24.3 Å². The Morgan fingerprint density at radius 2 is 1.78 bits per heavy atom. The lowest BCUT2D eigenvalue weighted by atomic mass is 10.1. The monoisotopic (exact) mass is 366 g/mol. The zero-order chi connectivity index (χ0) is 16.7. The van der Waals surface area contributed by atoms with E-state index < -0.39 is 0 Å². The van der Waals surface area contributed by atoms with Gasteiger partial charge in [0.1, 0.15) is 6.61 Å². The molecule has 7 heteroatoms. The Labute approximate surface area is 153 Å². The molecule has 0 atom stereocenters. The Morgan fingerprint density at radius 1 is 1.09 bits per heavy atom. The fraction of sp³-hybridized carbons (Fsp3) is 0.188. The van der Waals surface area contributed by atoms with Crippen molar-refractivity contribution in [3.05, 3.63) is 58.1 Å². The maximum absolute atomic E-state index is 11.9. The molecule has 2 rings (SSSR count). The maximum atomic E-state index is 11.9. The summed E-state index contributed by atoms with van der Waals surface area (Å²) in [5, 5.41) is 4.25. The van der Waals surface area contributed by atoms with Gasteiger partial charge in [0, 0.05) is 12.2 Å². The van der Waals surface area contributed by atoms with Gasteiger partial charge in [-0.1, -0.05) is 47.5 Å². The molecule has 0 fully saturated rings. The third kappa shape index (κ3) is 5.42. The molecular formula is C16H17AlCl2N2O2. The molecule has 0 saturated carbocycles. The summed E-state index contributed by atoms with van der Waals surface area (Å²) < 4.78 is 8.24. The number of hydrogen-bond acceptors (Lipinski definition) is 4. The second-order valence-electron chi connectivity index (χ2n) is 4.88. The molecule has 0 spiro atoms. The third-order valence-electron chi connectivity index (χ3n) is 3.19. The molecule has 0 unspecified atom stereocenters. The Balaban J connectivity index is 2.13. The number of halogens is 2. The van der Waals surface area contributed by atoms with Crippen LogP contribution in [0.3, 0.4) is 0 Å². The van der Waals surface area contributed by atoms with E-state index in [0.717, 1.165) is 27.8 Å². The van der Waals surface area contributed by atoms with E-state index >= 15 is 0 Å². The van der Waals surface area contributed by atoms with Crippen molar-refractivity contribution >= 4 is 57.1 Å². The molecule has 0 amide bonds. The first-order valence-electron chi connectivity index (χ1n) is 7.21. The molecule has 4 nitrogen and oxygen atoms in total. The van der Waals surface area contributed by atoms with E-state index in [1.54, 1.807) is 18.2 Å². The van der Waals surface area contributed by atoms with Gasteiger partial charge in [-0.25, -0.2) is 0 Å². The summed E-state index contributed by atoms with van der Waals surface area (Å²) in [6, 6.07) is 12.8. The van der Waals surface area contributed by atoms with Gasteiger partial charge < -0.3 is 14.4 Å². The lowest BCUT2D eigenvalue weighted by molar-refractivity contribution is -0.142. The van der Waals surface area contributed by atoms with E-state index in [0.29, 0.717) is 28.9 Å². The van der Waals surface area contributed by atoms with Crippen LogP contribution < -0.4 is 9.62 Å². The summed E-state index contributed by atoms with van der Waals surface area (Å²) in [5.74, 6) is -0.263. The highest BCUT2D eigenvalue weighted by Crippen LogP contribution is 2.33. The summed E-state index contributed by atoms with van der Waals surface area (Å²) in [4.78, 5) is 11.9. The molecule has 0 radical (unpaired) electrons. The molecule has 0 heterocycles. The summed E-state index contributed by atoms with van der Waals surface area (Å²) in [7, 11) is 0. The van der Waals surface area contributed by atoms with Crippen LogP contribution in [0.15, 0.2) is 42.5 Å². The molecule has 120 valence electrons. The van der Waals surface area contributed by atoms with E-state index in [2.05, 4.69) is 9.62 Å². The lowest BCUT2D eigenvalue weighted by Crippen LogP contribution is -2.19. The summed E-state index contributed by atoms with van der Waals surface area (Å²) >= 11 is 13.2. The standard InChI is InChI=1S/C16H15Cl2N2O2.Al.2H/c17-12-5-3-6-13(18)16(12)20-14-7-2-1-4-11(14)10-15(21)22-9-8-19;;;/h1-7,19-20H,8-10H2;;;/q-1;+1;;. The second kappa shape index (κ2) is 9.17. The Bertz CT molecular complexity index is 663. The molecule has 23 heavy (non-hydrogen) atoms. The van der Waals surface area contributed by atoms with Gasteiger partial charge in [0.05, 0.1) is 22.2 Å². The first kappa shape index (κ1) is 18.1. The smallest absolute Gasteiger partial charge is 0.319 e. The van der Waals surface area contributed by atoms with Gasteiger partial charge >= 0.3 is 22.5 Å². The fourth-order valence-corrected chi connectivity index (χ4v) is 2.72. The molecule has 0 aliphatic heterocycles. The van der Waals surface area contributed by atoms with Crippen molar-refractivity contribution in [2.75, 3.05) is 18.5 Å². The Hall–Kier alpha value is -1.22. The van der Waals surface area contributed by atoms with Crippen LogP contribution in [-0.4, -0.2) is 35.6 Å². The number of para-hydroxylation sites is 2. The average Bonchev–Trinajstić information content (AvgIpc) is 2.53. The number of esters is 1. The van der Waals surface area contributed by atoms with Gasteiger partial charge in [0.25, 0.3) is 0 Å². The second-order valence-corrected chi connectivity index (χ2v) is 6.40. The van der Waals surface area contributed by atoms with Crippen molar-refractivity contribution < 1.29 is 9.53 Å². The van der Waals surface area contributed by atoms with Gasteiger partial charge in [-0.05, 0) is 23.8 Å². The number of benzene rings is 2. The van der Waals surface area contributed by atoms with E-state index in [9.17, 15) is 4.79 Å². The minimum Gasteiger partial charge on any atom is -0.464 e. The molecule has 0 aliphatic rings. The minimum absolute atomic E-state index is 0.187. The minimum atomic E-state index is -0.263. The fourth-order valence-electron chi connectivity index (χ4n) is 2.02. The van der Waals surface area contributed by atoms with Crippen LogP contribution in [-0.2, 0) is 16.0 Å².